The normalized spacial score (nSPS) is 12.4. The topological polar surface area (TPSA) is 34.9 Å². The predicted octanol–water partition coefficient (Wildman–Crippen LogP) is 3.64. The molecule has 1 heterocycles. The van der Waals surface area contributed by atoms with Crippen molar-refractivity contribution < 1.29 is 4.79 Å². The summed E-state index contributed by atoms with van der Waals surface area (Å²) >= 11 is 0. The number of hydrogen-bond donors (Lipinski definition) is 0. The minimum Gasteiger partial charge on any atom is -0.298 e. The van der Waals surface area contributed by atoms with Crippen LogP contribution in [0.2, 0.25) is 0 Å². The van der Waals surface area contributed by atoms with Gasteiger partial charge in [0, 0.05) is 17.8 Å². The summed E-state index contributed by atoms with van der Waals surface area (Å²) in [6, 6.07) is 8.39. The summed E-state index contributed by atoms with van der Waals surface area (Å²) in [7, 11) is 0. The van der Waals surface area contributed by atoms with Crippen molar-refractivity contribution in [3.8, 4) is 11.3 Å². The number of benzene rings is 1. The molecule has 0 amide bonds. The van der Waals surface area contributed by atoms with Crippen LogP contribution < -0.4 is 0 Å². The number of aromatic nitrogens is 2. The molecule has 0 aliphatic carbocycles. The van der Waals surface area contributed by atoms with Crippen LogP contribution >= 0.6 is 0 Å². The molecule has 0 saturated heterocycles. The van der Waals surface area contributed by atoms with Crippen molar-refractivity contribution in [1.82, 2.24) is 9.78 Å². The van der Waals surface area contributed by atoms with Gasteiger partial charge in [-0.15, -0.1) is 0 Å². The Morgan fingerprint density at radius 2 is 2.00 bits per heavy atom. The smallest absolute Gasteiger partial charge is 0.153 e. The molecule has 1 aromatic heterocycles. The van der Waals surface area contributed by atoms with Gasteiger partial charge in [0.1, 0.15) is 5.69 Å². The first-order valence-electron chi connectivity index (χ1n) is 6.27. The highest BCUT2D eigenvalue weighted by atomic mass is 16.1. The van der Waals surface area contributed by atoms with Gasteiger partial charge in [0.15, 0.2) is 6.29 Å². The highest BCUT2D eigenvalue weighted by molar-refractivity contribution is 5.85. The van der Waals surface area contributed by atoms with Crippen molar-refractivity contribution in [3.05, 3.63) is 41.6 Å². The second-order valence-electron chi connectivity index (χ2n) is 4.65. The second-order valence-corrected chi connectivity index (χ2v) is 4.65. The first-order valence-corrected chi connectivity index (χ1v) is 6.27. The molecule has 18 heavy (non-hydrogen) atoms. The lowest BCUT2D eigenvalue weighted by molar-refractivity contribution is 0.112. The van der Waals surface area contributed by atoms with E-state index in [1.165, 1.54) is 5.56 Å². The molecule has 0 spiro atoms. The zero-order chi connectivity index (χ0) is 13.1. The summed E-state index contributed by atoms with van der Waals surface area (Å²) in [5.74, 6) is 0. The lowest BCUT2D eigenvalue weighted by atomic mass is 10.1. The Labute approximate surface area is 107 Å². The highest BCUT2D eigenvalue weighted by Crippen LogP contribution is 2.23. The molecule has 2 aromatic rings. The number of hydrogen-bond acceptors (Lipinski definition) is 2. The highest BCUT2D eigenvalue weighted by Gasteiger charge is 2.12. The van der Waals surface area contributed by atoms with Gasteiger partial charge in [0.05, 0.1) is 5.56 Å². The van der Waals surface area contributed by atoms with Crippen LogP contribution in [0.15, 0.2) is 30.5 Å². The van der Waals surface area contributed by atoms with Gasteiger partial charge in [0.25, 0.3) is 0 Å². The molecule has 0 saturated carbocycles. The van der Waals surface area contributed by atoms with Crippen molar-refractivity contribution in [3.63, 3.8) is 0 Å². The van der Waals surface area contributed by atoms with Gasteiger partial charge >= 0.3 is 0 Å². The van der Waals surface area contributed by atoms with Gasteiger partial charge in [-0.25, -0.2) is 0 Å². The molecule has 0 fully saturated rings. The fourth-order valence-electron chi connectivity index (χ4n) is 1.84. The van der Waals surface area contributed by atoms with E-state index in [0.29, 0.717) is 11.6 Å². The fraction of sp³-hybridized carbons (Fsp3) is 0.333. The zero-order valence-electron chi connectivity index (χ0n) is 11.1. The monoisotopic (exact) mass is 242 g/mol. The van der Waals surface area contributed by atoms with E-state index in [1.807, 2.05) is 42.1 Å². The Hall–Kier alpha value is -1.90. The van der Waals surface area contributed by atoms with Crippen molar-refractivity contribution in [2.75, 3.05) is 0 Å². The predicted molar refractivity (Wildman–Crippen MR) is 72.8 cm³/mol. The van der Waals surface area contributed by atoms with E-state index >= 15 is 0 Å². The summed E-state index contributed by atoms with van der Waals surface area (Å²) in [5, 5.41) is 4.54. The van der Waals surface area contributed by atoms with Crippen molar-refractivity contribution in [2.24, 2.45) is 0 Å². The van der Waals surface area contributed by atoms with Crippen molar-refractivity contribution >= 4 is 6.29 Å². The molecule has 0 aliphatic heterocycles. The Balaban J connectivity index is 2.46. The molecule has 94 valence electrons. The van der Waals surface area contributed by atoms with Gasteiger partial charge in [-0.05, 0) is 20.3 Å². The van der Waals surface area contributed by atoms with Gasteiger partial charge in [0.2, 0.25) is 0 Å². The molecule has 0 N–H and O–H groups in total. The van der Waals surface area contributed by atoms with Gasteiger partial charge in [-0.3, -0.25) is 9.48 Å². The lowest BCUT2D eigenvalue weighted by Crippen LogP contribution is -2.04. The Bertz CT molecular complexity index is 540. The van der Waals surface area contributed by atoms with Crippen LogP contribution in [0.1, 0.15) is 42.2 Å². The number of nitrogens with zero attached hydrogens (tertiary/aromatic N) is 2. The SMILES string of the molecule is CCC(C)n1cc(C=O)c(-c2ccc(C)cc2)n1. The first kappa shape index (κ1) is 12.6. The quantitative estimate of drug-likeness (QED) is 0.767. The zero-order valence-corrected chi connectivity index (χ0v) is 11.1. The van der Waals surface area contributed by atoms with Crippen molar-refractivity contribution in [2.45, 2.75) is 33.2 Å². The summed E-state index contributed by atoms with van der Waals surface area (Å²) in [5.41, 5.74) is 3.61. The third kappa shape index (κ3) is 2.35. The third-order valence-electron chi connectivity index (χ3n) is 3.25. The number of carbonyl (C=O) groups excluding carboxylic acids is 1. The van der Waals surface area contributed by atoms with Gasteiger partial charge in [-0.2, -0.15) is 5.10 Å². The second kappa shape index (κ2) is 5.17. The maximum atomic E-state index is 11.1. The summed E-state index contributed by atoms with van der Waals surface area (Å²) in [6.45, 7) is 6.25. The molecular formula is C15H18N2O. The van der Waals surface area contributed by atoms with E-state index in [-0.39, 0.29) is 0 Å². The van der Waals surface area contributed by atoms with E-state index in [9.17, 15) is 4.79 Å². The molecule has 1 unspecified atom stereocenters. The minimum absolute atomic E-state index is 0.308. The van der Waals surface area contributed by atoms with E-state index in [2.05, 4.69) is 18.9 Å². The van der Waals surface area contributed by atoms with Crippen molar-refractivity contribution in [1.29, 1.82) is 0 Å². The van der Waals surface area contributed by atoms with Crippen LogP contribution in [0.5, 0.6) is 0 Å². The van der Waals surface area contributed by atoms with Crippen LogP contribution in [-0.2, 0) is 0 Å². The number of aryl methyl sites for hydroxylation is 1. The summed E-state index contributed by atoms with van der Waals surface area (Å²) in [6.07, 6.45) is 3.70. The Morgan fingerprint density at radius 3 is 2.56 bits per heavy atom. The summed E-state index contributed by atoms with van der Waals surface area (Å²) in [4.78, 5) is 11.1. The van der Waals surface area contributed by atoms with Crippen LogP contribution in [0.4, 0.5) is 0 Å². The molecule has 3 nitrogen and oxygen atoms in total. The number of aldehydes is 1. The minimum atomic E-state index is 0.308. The third-order valence-corrected chi connectivity index (χ3v) is 3.25. The molecular weight excluding hydrogens is 224 g/mol. The number of rotatable bonds is 4. The van der Waals surface area contributed by atoms with E-state index in [1.54, 1.807) is 0 Å². The van der Waals surface area contributed by atoms with Crippen LogP contribution in [0, 0.1) is 6.92 Å². The average molecular weight is 242 g/mol. The first-order chi connectivity index (χ1) is 8.65. The van der Waals surface area contributed by atoms with E-state index in [4.69, 9.17) is 0 Å². The maximum absolute atomic E-state index is 11.1. The van der Waals surface area contributed by atoms with Crippen LogP contribution in [-0.4, -0.2) is 16.1 Å². The molecule has 3 heteroatoms. The van der Waals surface area contributed by atoms with Gasteiger partial charge < -0.3 is 0 Å². The summed E-state index contributed by atoms with van der Waals surface area (Å²) < 4.78 is 1.87. The van der Waals surface area contributed by atoms with Crippen LogP contribution in [0.25, 0.3) is 11.3 Å². The van der Waals surface area contributed by atoms with Gasteiger partial charge in [-0.1, -0.05) is 36.8 Å². The molecule has 0 bridgehead atoms. The average Bonchev–Trinajstić information content (AvgIpc) is 2.83. The van der Waals surface area contributed by atoms with E-state index in [0.717, 1.165) is 24.0 Å². The van der Waals surface area contributed by atoms with Crippen LogP contribution in [0.3, 0.4) is 0 Å². The number of carbonyl (C=O) groups is 1. The Morgan fingerprint density at radius 1 is 1.33 bits per heavy atom. The fourth-order valence-corrected chi connectivity index (χ4v) is 1.84. The van der Waals surface area contributed by atoms with E-state index < -0.39 is 0 Å². The standard InChI is InChI=1S/C15H18N2O/c1-4-12(3)17-9-14(10-18)15(16-17)13-7-5-11(2)6-8-13/h5-10,12H,4H2,1-3H3. The maximum Gasteiger partial charge on any atom is 0.153 e. The molecule has 1 aromatic carbocycles. The molecule has 0 radical (unpaired) electrons. The molecule has 1 atom stereocenters. The molecule has 2 rings (SSSR count). The molecule has 0 aliphatic rings. The largest absolute Gasteiger partial charge is 0.298 e. The lowest BCUT2D eigenvalue weighted by Gasteiger charge is -2.07. The Kier molecular flexibility index (Phi) is 3.60.